The summed E-state index contributed by atoms with van der Waals surface area (Å²) in [4.78, 5) is 3.87. The highest BCUT2D eigenvalue weighted by molar-refractivity contribution is 5.56. The second-order valence-electron chi connectivity index (χ2n) is 2.39. The summed E-state index contributed by atoms with van der Waals surface area (Å²) in [6.07, 6.45) is 0.850. The van der Waals surface area contributed by atoms with Gasteiger partial charge in [-0.2, -0.15) is 5.11 Å². The number of hydrogen-bond donors (Lipinski definition) is 0. The molecule has 12 heavy (non-hydrogen) atoms. The molecule has 0 saturated heterocycles. The van der Waals surface area contributed by atoms with Crippen molar-refractivity contribution in [2.75, 3.05) is 0 Å². The molecule has 0 amide bonds. The van der Waals surface area contributed by atoms with Crippen molar-refractivity contribution >= 4 is 6.34 Å². The largest absolute Gasteiger partial charge is 0.238 e. The van der Waals surface area contributed by atoms with E-state index in [2.05, 4.69) is 15.2 Å². The molecule has 0 fully saturated rings. The number of rotatable bonds is 1. The maximum atomic E-state index is 13.1. The lowest BCUT2D eigenvalue weighted by atomic mass is 10.2. The normalized spacial score (nSPS) is 20.2. The van der Waals surface area contributed by atoms with Crippen LogP contribution in [-0.2, 0) is 0 Å². The van der Waals surface area contributed by atoms with E-state index in [1.165, 1.54) is 12.4 Å². The van der Waals surface area contributed by atoms with E-state index in [0.29, 0.717) is 5.56 Å². The molecule has 0 radical (unpaired) electrons. The topological polar surface area (TPSA) is 37.1 Å². The minimum Gasteiger partial charge on any atom is -0.238 e. The van der Waals surface area contributed by atoms with Crippen molar-refractivity contribution in [1.82, 2.24) is 0 Å². The third-order valence-electron chi connectivity index (χ3n) is 1.62. The summed E-state index contributed by atoms with van der Waals surface area (Å²) in [5, 5.41) is 7.28. The van der Waals surface area contributed by atoms with Gasteiger partial charge in [-0.05, 0) is 6.07 Å². The summed E-state index contributed by atoms with van der Waals surface area (Å²) in [5.41, 5.74) is 0.468. The zero-order chi connectivity index (χ0) is 8.39. The van der Waals surface area contributed by atoms with Crippen molar-refractivity contribution in [2.45, 2.75) is 6.17 Å². The van der Waals surface area contributed by atoms with Crippen molar-refractivity contribution in [2.24, 2.45) is 15.2 Å². The minimum atomic E-state index is -0.480. The van der Waals surface area contributed by atoms with E-state index < -0.39 is 6.17 Å². The molecule has 1 aliphatic heterocycles. The van der Waals surface area contributed by atoms with Crippen LogP contribution >= 0.6 is 0 Å². The SMILES string of the molecule is Fc1ccccc1C1N=CN=N1. The predicted octanol–water partition coefficient (Wildman–Crippen LogP) is 2.32. The molecule has 2 rings (SSSR count). The quantitative estimate of drug-likeness (QED) is 0.609. The zero-order valence-corrected chi connectivity index (χ0v) is 6.18. The maximum Gasteiger partial charge on any atom is 0.190 e. The fourth-order valence-electron chi connectivity index (χ4n) is 1.04. The van der Waals surface area contributed by atoms with Gasteiger partial charge in [0.1, 0.15) is 12.2 Å². The highest BCUT2D eigenvalue weighted by Crippen LogP contribution is 2.23. The molecule has 3 nitrogen and oxygen atoms in total. The van der Waals surface area contributed by atoms with Crippen LogP contribution in [0.3, 0.4) is 0 Å². The van der Waals surface area contributed by atoms with Crippen LogP contribution < -0.4 is 0 Å². The fourth-order valence-corrected chi connectivity index (χ4v) is 1.04. The van der Waals surface area contributed by atoms with Gasteiger partial charge in [0.2, 0.25) is 0 Å². The summed E-state index contributed by atoms with van der Waals surface area (Å²) < 4.78 is 13.1. The lowest BCUT2D eigenvalue weighted by Gasteiger charge is -2.02. The predicted molar refractivity (Wildman–Crippen MR) is 42.5 cm³/mol. The number of halogens is 1. The molecule has 1 aromatic carbocycles. The molecule has 1 heterocycles. The molecule has 0 bridgehead atoms. The molecule has 0 aromatic heterocycles. The van der Waals surface area contributed by atoms with Crippen LogP contribution in [0.4, 0.5) is 4.39 Å². The van der Waals surface area contributed by atoms with Gasteiger partial charge in [0.05, 0.1) is 0 Å². The van der Waals surface area contributed by atoms with Gasteiger partial charge in [0.25, 0.3) is 0 Å². The molecule has 0 N–H and O–H groups in total. The van der Waals surface area contributed by atoms with Crippen LogP contribution in [0.2, 0.25) is 0 Å². The molecule has 1 aliphatic rings. The van der Waals surface area contributed by atoms with Crippen LogP contribution in [0.25, 0.3) is 0 Å². The third-order valence-corrected chi connectivity index (χ3v) is 1.62. The Hall–Kier alpha value is -1.58. The Morgan fingerprint density at radius 3 is 2.75 bits per heavy atom. The summed E-state index contributed by atoms with van der Waals surface area (Å²) in [6, 6.07) is 6.43. The average Bonchev–Trinajstić information content (AvgIpc) is 2.57. The second kappa shape index (κ2) is 2.81. The standard InChI is InChI=1S/C8H6FN3/c9-7-4-2-1-3-6(7)8-10-5-11-12-8/h1-5,8H. The van der Waals surface area contributed by atoms with Crippen molar-refractivity contribution in [3.05, 3.63) is 35.6 Å². The van der Waals surface area contributed by atoms with Crippen LogP contribution in [0.1, 0.15) is 11.7 Å². The Kier molecular flexibility index (Phi) is 1.66. The molecule has 0 saturated carbocycles. The number of aliphatic imine (C=N–C) groups is 1. The minimum absolute atomic E-state index is 0.291. The summed E-state index contributed by atoms with van der Waals surface area (Å²) in [5.74, 6) is -0.291. The lowest BCUT2D eigenvalue weighted by molar-refractivity contribution is 0.588. The zero-order valence-electron chi connectivity index (χ0n) is 6.18. The highest BCUT2D eigenvalue weighted by Gasteiger charge is 2.14. The Balaban J connectivity index is 2.39. The molecule has 0 aliphatic carbocycles. The summed E-state index contributed by atoms with van der Waals surface area (Å²) in [6.45, 7) is 0. The van der Waals surface area contributed by atoms with Gasteiger partial charge in [-0.1, -0.05) is 18.2 Å². The van der Waals surface area contributed by atoms with Gasteiger partial charge in [-0.15, -0.1) is 5.11 Å². The van der Waals surface area contributed by atoms with Gasteiger partial charge in [-0.3, -0.25) is 0 Å². The van der Waals surface area contributed by atoms with Gasteiger partial charge in [0, 0.05) is 5.56 Å². The molecular weight excluding hydrogens is 157 g/mol. The van der Waals surface area contributed by atoms with E-state index in [1.54, 1.807) is 18.2 Å². The Morgan fingerprint density at radius 2 is 2.08 bits per heavy atom. The van der Waals surface area contributed by atoms with E-state index in [9.17, 15) is 4.39 Å². The Bertz CT molecular complexity index is 334. The highest BCUT2D eigenvalue weighted by atomic mass is 19.1. The Morgan fingerprint density at radius 1 is 1.25 bits per heavy atom. The van der Waals surface area contributed by atoms with Crippen molar-refractivity contribution in [1.29, 1.82) is 0 Å². The molecule has 1 aromatic rings. The van der Waals surface area contributed by atoms with Crippen molar-refractivity contribution in [3.8, 4) is 0 Å². The van der Waals surface area contributed by atoms with E-state index in [0.717, 1.165) is 0 Å². The van der Waals surface area contributed by atoms with Gasteiger partial charge < -0.3 is 0 Å². The lowest BCUT2D eigenvalue weighted by Crippen LogP contribution is -1.92. The average molecular weight is 163 g/mol. The van der Waals surface area contributed by atoms with Crippen LogP contribution in [0, 0.1) is 5.82 Å². The molecular formula is C8H6FN3. The van der Waals surface area contributed by atoms with Gasteiger partial charge in [-0.25, -0.2) is 9.38 Å². The number of nitrogens with zero attached hydrogens (tertiary/aromatic N) is 3. The first kappa shape index (κ1) is 7.09. The summed E-state index contributed by atoms with van der Waals surface area (Å²) >= 11 is 0. The number of hydrogen-bond acceptors (Lipinski definition) is 3. The van der Waals surface area contributed by atoms with E-state index >= 15 is 0 Å². The fraction of sp³-hybridized carbons (Fsp3) is 0.125. The van der Waals surface area contributed by atoms with Crippen LogP contribution in [0.5, 0.6) is 0 Å². The second-order valence-corrected chi connectivity index (χ2v) is 2.39. The molecule has 60 valence electrons. The van der Waals surface area contributed by atoms with Crippen LogP contribution in [-0.4, -0.2) is 6.34 Å². The first-order chi connectivity index (χ1) is 5.88. The molecule has 0 spiro atoms. The van der Waals surface area contributed by atoms with E-state index in [-0.39, 0.29) is 5.82 Å². The number of azo groups is 1. The van der Waals surface area contributed by atoms with Crippen molar-refractivity contribution in [3.63, 3.8) is 0 Å². The first-order valence-electron chi connectivity index (χ1n) is 3.54. The van der Waals surface area contributed by atoms with Crippen LogP contribution in [0.15, 0.2) is 39.5 Å². The molecule has 1 unspecified atom stereocenters. The third kappa shape index (κ3) is 1.11. The van der Waals surface area contributed by atoms with E-state index in [1.807, 2.05) is 0 Å². The smallest absolute Gasteiger partial charge is 0.190 e. The first-order valence-corrected chi connectivity index (χ1v) is 3.54. The van der Waals surface area contributed by atoms with E-state index in [4.69, 9.17) is 0 Å². The van der Waals surface area contributed by atoms with Crippen molar-refractivity contribution < 1.29 is 4.39 Å². The Labute approximate surface area is 68.7 Å². The van der Waals surface area contributed by atoms with Gasteiger partial charge >= 0.3 is 0 Å². The number of benzene rings is 1. The maximum absolute atomic E-state index is 13.1. The molecule has 1 atom stereocenters. The molecule has 4 heteroatoms. The monoisotopic (exact) mass is 163 g/mol. The summed E-state index contributed by atoms with van der Waals surface area (Å²) in [7, 11) is 0. The van der Waals surface area contributed by atoms with Gasteiger partial charge in [0.15, 0.2) is 6.17 Å².